The van der Waals surface area contributed by atoms with Crippen molar-refractivity contribution in [2.24, 2.45) is 11.8 Å². The predicted octanol–water partition coefficient (Wildman–Crippen LogP) is 6.31. The number of aliphatic carboxylic acids is 1. The summed E-state index contributed by atoms with van der Waals surface area (Å²) >= 11 is 0. The second-order valence-corrected chi connectivity index (χ2v) is 11.8. The molecule has 0 aromatic heterocycles. The van der Waals surface area contributed by atoms with E-state index in [1.807, 2.05) is 0 Å². The van der Waals surface area contributed by atoms with Crippen LogP contribution in [0.3, 0.4) is 0 Å². The highest BCUT2D eigenvalue weighted by Crippen LogP contribution is 2.47. The summed E-state index contributed by atoms with van der Waals surface area (Å²) < 4.78 is 116. The van der Waals surface area contributed by atoms with Crippen molar-refractivity contribution in [2.45, 2.75) is 55.9 Å². The number of nitrogens with zero attached hydrogens (tertiary/aromatic N) is 1. The van der Waals surface area contributed by atoms with E-state index in [0.717, 1.165) is 12.1 Å². The Labute approximate surface area is 216 Å². The number of sulfone groups is 1. The van der Waals surface area contributed by atoms with Gasteiger partial charge in [-0.1, -0.05) is 0 Å². The van der Waals surface area contributed by atoms with Gasteiger partial charge in [0.15, 0.2) is 9.84 Å². The van der Waals surface area contributed by atoms with Crippen LogP contribution in [0.25, 0.3) is 0 Å². The molecular weight excluding hydrogens is 540 g/mol. The Hall–Kier alpha value is -2.96. The van der Waals surface area contributed by atoms with E-state index in [2.05, 4.69) is 0 Å². The lowest BCUT2D eigenvalue weighted by Gasteiger charge is -2.29. The Morgan fingerprint density at radius 3 is 2.29 bits per heavy atom. The summed E-state index contributed by atoms with van der Waals surface area (Å²) in [6.45, 7) is 2.30. The zero-order valence-electron chi connectivity index (χ0n) is 20.7. The first-order valence-electron chi connectivity index (χ1n) is 11.7. The zero-order valence-corrected chi connectivity index (χ0v) is 21.5. The zero-order chi connectivity index (χ0) is 28.6. The van der Waals surface area contributed by atoms with E-state index in [1.54, 1.807) is 0 Å². The van der Waals surface area contributed by atoms with Crippen LogP contribution in [0.4, 0.5) is 37.7 Å². The summed E-state index contributed by atoms with van der Waals surface area (Å²) in [7, 11) is -4.39. The molecular formula is C25H27F6NO5S. The standard InChI is InChI=1S/C25H27F6NO5S/c1-14(23(33)34)13-37-21-11-22-20(10-19(21)25(29,30)31)32(18-6-4-17(26)5-7-18)12-16(8-9-24(3,27)28)15(2)38(22,35)36/h4-7,10-11,14-16H,8-9,12-13H2,1-3H3,(H,33,34)/t14-,15-,16?/m1/s1. The van der Waals surface area contributed by atoms with E-state index in [4.69, 9.17) is 9.84 Å². The Balaban J connectivity index is 2.25. The Kier molecular flexibility index (Phi) is 8.30. The quantitative estimate of drug-likeness (QED) is 0.377. The van der Waals surface area contributed by atoms with E-state index in [0.29, 0.717) is 19.1 Å². The third-order valence-corrected chi connectivity index (χ3v) is 8.84. The van der Waals surface area contributed by atoms with Crippen LogP contribution in [0.5, 0.6) is 5.75 Å². The smallest absolute Gasteiger partial charge is 0.420 e. The van der Waals surface area contributed by atoms with E-state index >= 15 is 0 Å². The summed E-state index contributed by atoms with van der Waals surface area (Å²) in [5, 5.41) is 7.80. The summed E-state index contributed by atoms with van der Waals surface area (Å²) in [5.41, 5.74) is -1.56. The minimum atomic E-state index is -5.02. The lowest BCUT2D eigenvalue weighted by molar-refractivity contribution is -0.142. The molecule has 13 heteroatoms. The average molecular weight is 568 g/mol. The molecule has 6 nitrogen and oxygen atoms in total. The van der Waals surface area contributed by atoms with Crippen LogP contribution in [0.1, 0.15) is 39.2 Å². The summed E-state index contributed by atoms with van der Waals surface area (Å²) in [6, 6.07) is 5.87. The van der Waals surface area contributed by atoms with Crippen molar-refractivity contribution < 1.29 is 49.4 Å². The average Bonchev–Trinajstić information content (AvgIpc) is 2.88. The van der Waals surface area contributed by atoms with Gasteiger partial charge in [-0.05, 0) is 63.4 Å². The molecule has 3 rings (SSSR count). The highest BCUT2D eigenvalue weighted by atomic mass is 32.2. The van der Waals surface area contributed by atoms with Crippen molar-refractivity contribution in [3.8, 4) is 5.75 Å². The van der Waals surface area contributed by atoms with E-state index in [1.165, 1.54) is 30.9 Å². The molecule has 0 bridgehead atoms. The van der Waals surface area contributed by atoms with Crippen LogP contribution in [-0.2, 0) is 20.8 Å². The Bertz CT molecular complexity index is 1270. The van der Waals surface area contributed by atoms with Gasteiger partial charge in [-0.15, -0.1) is 0 Å². The molecule has 0 saturated carbocycles. The van der Waals surface area contributed by atoms with Crippen molar-refractivity contribution in [1.82, 2.24) is 0 Å². The molecule has 0 saturated heterocycles. The number of carboxylic acid groups (broad SMARTS) is 1. The molecule has 1 aliphatic heterocycles. The van der Waals surface area contributed by atoms with Crippen LogP contribution in [-0.4, -0.2) is 43.8 Å². The molecule has 3 atom stereocenters. The normalized spacial score (nSPS) is 20.4. The van der Waals surface area contributed by atoms with Gasteiger partial charge in [0.25, 0.3) is 0 Å². The Morgan fingerprint density at radius 2 is 1.76 bits per heavy atom. The van der Waals surface area contributed by atoms with E-state index < -0.39 is 80.0 Å². The highest BCUT2D eigenvalue weighted by Gasteiger charge is 2.43. The number of halogens is 6. The van der Waals surface area contributed by atoms with Gasteiger partial charge in [-0.3, -0.25) is 4.79 Å². The second-order valence-electron chi connectivity index (χ2n) is 9.57. The van der Waals surface area contributed by atoms with Crippen LogP contribution in [0, 0.1) is 17.7 Å². The fourth-order valence-corrected chi connectivity index (χ4v) is 6.04. The van der Waals surface area contributed by atoms with Crippen molar-refractivity contribution in [3.63, 3.8) is 0 Å². The van der Waals surface area contributed by atoms with Crippen LogP contribution < -0.4 is 9.64 Å². The van der Waals surface area contributed by atoms with E-state index in [-0.39, 0.29) is 24.3 Å². The van der Waals surface area contributed by atoms with Crippen LogP contribution >= 0.6 is 0 Å². The summed E-state index contributed by atoms with van der Waals surface area (Å²) in [4.78, 5) is 11.8. The van der Waals surface area contributed by atoms with Crippen LogP contribution in [0.2, 0.25) is 0 Å². The predicted molar refractivity (Wildman–Crippen MR) is 127 cm³/mol. The molecule has 2 aromatic rings. The number of carbonyl (C=O) groups is 1. The topological polar surface area (TPSA) is 83.9 Å². The summed E-state index contributed by atoms with van der Waals surface area (Å²) in [6.07, 6.45) is -5.92. The van der Waals surface area contributed by atoms with Gasteiger partial charge in [-0.25, -0.2) is 21.6 Å². The van der Waals surface area contributed by atoms with Gasteiger partial charge in [0.2, 0.25) is 5.92 Å². The molecule has 0 aliphatic carbocycles. The highest BCUT2D eigenvalue weighted by molar-refractivity contribution is 7.92. The molecule has 0 fully saturated rings. The SMILES string of the molecule is C[C@H](COc1cc2c(cc1C(F)(F)F)N(c1ccc(F)cc1)CC(CCC(C)(F)F)[C@@H](C)S2(=O)=O)C(=O)O. The van der Waals surface area contributed by atoms with Gasteiger partial charge < -0.3 is 14.7 Å². The maximum absolute atomic E-state index is 14.1. The van der Waals surface area contributed by atoms with Crippen molar-refractivity contribution in [3.05, 3.63) is 47.8 Å². The molecule has 1 aliphatic rings. The molecule has 210 valence electrons. The first-order chi connectivity index (χ1) is 17.4. The minimum absolute atomic E-state index is 0.159. The number of carboxylic acids is 1. The molecule has 1 unspecified atom stereocenters. The van der Waals surface area contributed by atoms with Gasteiger partial charge in [0.05, 0.1) is 27.3 Å². The largest absolute Gasteiger partial charge is 0.492 e. The molecule has 0 amide bonds. The number of ether oxygens (including phenoxy) is 1. The summed E-state index contributed by atoms with van der Waals surface area (Å²) in [5.74, 6) is -8.06. The number of hydrogen-bond donors (Lipinski definition) is 1. The second kappa shape index (κ2) is 10.7. The third kappa shape index (κ3) is 6.54. The van der Waals surface area contributed by atoms with Crippen molar-refractivity contribution in [2.75, 3.05) is 18.1 Å². The number of benzene rings is 2. The van der Waals surface area contributed by atoms with Gasteiger partial charge >= 0.3 is 12.1 Å². The van der Waals surface area contributed by atoms with Gasteiger partial charge in [0, 0.05) is 24.7 Å². The molecule has 1 heterocycles. The number of anilines is 2. The number of hydrogen-bond acceptors (Lipinski definition) is 5. The number of rotatable bonds is 8. The minimum Gasteiger partial charge on any atom is -0.492 e. The Morgan fingerprint density at radius 1 is 1.16 bits per heavy atom. The molecule has 2 aromatic carbocycles. The van der Waals surface area contributed by atoms with E-state index in [9.17, 15) is 39.6 Å². The number of fused-ring (bicyclic) bond motifs is 1. The first-order valence-corrected chi connectivity index (χ1v) is 13.2. The van der Waals surface area contributed by atoms with Crippen molar-refractivity contribution >= 4 is 27.2 Å². The fourth-order valence-electron chi connectivity index (χ4n) is 4.18. The maximum atomic E-state index is 14.1. The molecule has 0 spiro atoms. The van der Waals surface area contributed by atoms with Gasteiger partial charge in [0.1, 0.15) is 18.2 Å². The van der Waals surface area contributed by atoms with Crippen molar-refractivity contribution in [1.29, 1.82) is 0 Å². The van der Waals surface area contributed by atoms with Gasteiger partial charge in [-0.2, -0.15) is 13.2 Å². The molecule has 0 radical (unpaired) electrons. The van der Waals surface area contributed by atoms with Crippen LogP contribution in [0.15, 0.2) is 41.3 Å². The maximum Gasteiger partial charge on any atom is 0.420 e. The monoisotopic (exact) mass is 567 g/mol. The first kappa shape index (κ1) is 29.6. The fraction of sp³-hybridized carbons (Fsp3) is 0.480. The third-order valence-electron chi connectivity index (χ3n) is 6.54. The lowest BCUT2D eigenvalue weighted by Crippen LogP contribution is -2.33. The number of alkyl halides is 5. The molecule has 1 N–H and O–H groups in total. The molecule has 38 heavy (non-hydrogen) atoms. The lowest BCUT2D eigenvalue weighted by atomic mass is 9.96.